The van der Waals surface area contributed by atoms with Gasteiger partial charge in [0, 0.05) is 56.4 Å². The maximum atomic E-state index is 11.3. The van der Waals surface area contributed by atoms with E-state index in [-0.39, 0.29) is 11.8 Å². The molecule has 4 rings (SSSR count). The molecule has 8 nitrogen and oxygen atoms in total. The first-order chi connectivity index (χ1) is 17.3. The summed E-state index contributed by atoms with van der Waals surface area (Å²) in [5, 5.41) is 11.4. The van der Waals surface area contributed by atoms with Crippen molar-refractivity contribution >= 4 is 44.7 Å². The van der Waals surface area contributed by atoms with Gasteiger partial charge in [-0.2, -0.15) is 0 Å². The molecule has 2 aromatic rings. The lowest BCUT2D eigenvalue weighted by atomic mass is 9.91. The van der Waals surface area contributed by atoms with Crippen LogP contribution in [0.25, 0.3) is 11.3 Å². The van der Waals surface area contributed by atoms with Crippen LogP contribution in [0.15, 0.2) is 24.4 Å². The van der Waals surface area contributed by atoms with Gasteiger partial charge in [0.1, 0.15) is 21.5 Å². The first-order valence-electron chi connectivity index (χ1n) is 12.6. The van der Waals surface area contributed by atoms with E-state index in [1.807, 2.05) is 18.2 Å². The van der Waals surface area contributed by atoms with Crippen LogP contribution in [-0.2, 0) is 14.6 Å². The molecule has 0 amide bonds. The van der Waals surface area contributed by atoms with Gasteiger partial charge in [0.05, 0.1) is 21.5 Å². The van der Waals surface area contributed by atoms with Gasteiger partial charge in [0.25, 0.3) is 0 Å². The van der Waals surface area contributed by atoms with Crippen LogP contribution in [0.1, 0.15) is 38.5 Å². The van der Waals surface area contributed by atoms with Crippen molar-refractivity contribution in [1.82, 2.24) is 15.3 Å². The third-order valence-electron chi connectivity index (χ3n) is 6.85. The molecular formula is C25H35Cl2N5O3S. The third-order valence-corrected chi connectivity index (χ3v) is 8.41. The van der Waals surface area contributed by atoms with Gasteiger partial charge < -0.3 is 20.7 Å². The Labute approximate surface area is 223 Å². The van der Waals surface area contributed by atoms with Gasteiger partial charge in [-0.05, 0) is 62.6 Å². The Kier molecular flexibility index (Phi) is 9.69. The Balaban J connectivity index is 1.36. The number of halogens is 2. The van der Waals surface area contributed by atoms with E-state index >= 15 is 0 Å². The van der Waals surface area contributed by atoms with E-state index in [2.05, 4.69) is 20.9 Å². The maximum Gasteiger partial charge on any atom is 0.148 e. The predicted molar refractivity (Wildman–Crippen MR) is 147 cm³/mol. The molecular weight excluding hydrogens is 521 g/mol. The fourth-order valence-corrected chi connectivity index (χ4v) is 5.62. The van der Waals surface area contributed by atoms with Crippen molar-refractivity contribution in [2.45, 2.75) is 50.6 Å². The Morgan fingerprint density at radius 2 is 1.72 bits per heavy atom. The van der Waals surface area contributed by atoms with Crippen LogP contribution in [0, 0.1) is 5.92 Å². The average Bonchev–Trinajstić information content (AvgIpc) is 2.86. The molecule has 0 radical (unpaired) electrons. The highest BCUT2D eigenvalue weighted by Crippen LogP contribution is 2.34. The van der Waals surface area contributed by atoms with Crippen LogP contribution in [0.4, 0.5) is 11.6 Å². The summed E-state index contributed by atoms with van der Waals surface area (Å²) in [5.41, 5.74) is 1.37. The lowest BCUT2D eigenvalue weighted by molar-refractivity contribution is 0.0699. The van der Waals surface area contributed by atoms with Crippen molar-refractivity contribution in [2.24, 2.45) is 5.92 Å². The van der Waals surface area contributed by atoms with Crippen molar-refractivity contribution in [2.75, 3.05) is 48.9 Å². The van der Waals surface area contributed by atoms with E-state index in [1.54, 1.807) is 6.20 Å². The van der Waals surface area contributed by atoms with E-state index < -0.39 is 9.84 Å². The Morgan fingerprint density at radius 3 is 2.44 bits per heavy atom. The first kappa shape index (κ1) is 27.4. The average molecular weight is 557 g/mol. The second-order valence-corrected chi connectivity index (χ2v) is 12.9. The molecule has 1 saturated carbocycles. The molecule has 1 aliphatic carbocycles. The van der Waals surface area contributed by atoms with E-state index in [0.717, 1.165) is 75.5 Å². The minimum atomic E-state index is -2.94. The van der Waals surface area contributed by atoms with Gasteiger partial charge in [-0.3, -0.25) is 0 Å². The van der Waals surface area contributed by atoms with Crippen molar-refractivity contribution < 1.29 is 13.2 Å². The summed E-state index contributed by atoms with van der Waals surface area (Å²) in [6.45, 7) is 2.98. The highest BCUT2D eigenvalue weighted by atomic mass is 35.5. The van der Waals surface area contributed by atoms with Crippen LogP contribution < -0.4 is 16.0 Å². The molecule has 0 aromatic carbocycles. The summed E-state index contributed by atoms with van der Waals surface area (Å²) in [7, 11) is -2.94. The first-order valence-corrected chi connectivity index (χ1v) is 15.4. The summed E-state index contributed by atoms with van der Waals surface area (Å²) in [5.74, 6) is 2.25. The van der Waals surface area contributed by atoms with Crippen molar-refractivity contribution in [1.29, 1.82) is 0 Å². The number of nitrogens with one attached hydrogen (secondary N) is 3. The molecule has 198 valence electrons. The molecule has 0 bridgehead atoms. The zero-order chi connectivity index (χ0) is 25.5. The molecule has 2 fully saturated rings. The molecule has 0 atom stereocenters. The highest BCUT2D eigenvalue weighted by Gasteiger charge is 2.22. The monoisotopic (exact) mass is 555 g/mol. The fourth-order valence-electron chi connectivity index (χ4n) is 4.73. The quantitative estimate of drug-likeness (QED) is 0.389. The van der Waals surface area contributed by atoms with Crippen LogP contribution >= 0.6 is 23.2 Å². The number of nitrogens with zero attached hydrogens (tertiary/aromatic N) is 2. The molecule has 3 heterocycles. The lowest BCUT2D eigenvalue weighted by Crippen LogP contribution is -2.38. The smallest absolute Gasteiger partial charge is 0.148 e. The summed E-state index contributed by atoms with van der Waals surface area (Å²) in [4.78, 5) is 9.25. The SMILES string of the molecule is CS(=O)(=O)CCNC1CCC(Nc2cc(-c3nc(NCC4CCOCC4)ccc3Cl)c(Cl)cn2)CC1. The molecule has 2 aliphatic rings. The van der Waals surface area contributed by atoms with E-state index in [9.17, 15) is 8.42 Å². The number of sulfone groups is 1. The lowest BCUT2D eigenvalue weighted by Gasteiger charge is -2.30. The van der Waals surface area contributed by atoms with Gasteiger partial charge in [-0.25, -0.2) is 18.4 Å². The van der Waals surface area contributed by atoms with Crippen molar-refractivity contribution in [3.05, 3.63) is 34.4 Å². The largest absolute Gasteiger partial charge is 0.381 e. The number of ether oxygens (including phenoxy) is 1. The summed E-state index contributed by atoms with van der Waals surface area (Å²) in [6.07, 6.45) is 8.92. The summed E-state index contributed by atoms with van der Waals surface area (Å²) in [6, 6.07) is 6.28. The van der Waals surface area contributed by atoms with E-state index in [4.69, 9.17) is 32.9 Å². The molecule has 3 N–H and O–H groups in total. The Bertz CT molecular complexity index is 1120. The zero-order valence-electron chi connectivity index (χ0n) is 20.6. The topological polar surface area (TPSA) is 105 Å². The Morgan fingerprint density at radius 1 is 1.00 bits per heavy atom. The van der Waals surface area contributed by atoms with Crippen LogP contribution in [0.3, 0.4) is 0 Å². The number of rotatable bonds is 10. The summed E-state index contributed by atoms with van der Waals surface area (Å²) >= 11 is 13.1. The number of anilines is 2. The molecule has 0 unspecified atom stereocenters. The molecule has 2 aromatic heterocycles. The molecule has 11 heteroatoms. The normalized spacial score (nSPS) is 21.3. The van der Waals surface area contributed by atoms with Gasteiger partial charge in [-0.1, -0.05) is 23.2 Å². The summed E-state index contributed by atoms with van der Waals surface area (Å²) < 4.78 is 28.1. The van der Waals surface area contributed by atoms with Crippen LogP contribution in [0.2, 0.25) is 10.0 Å². The highest BCUT2D eigenvalue weighted by molar-refractivity contribution is 7.90. The number of aromatic nitrogens is 2. The van der Waals surface area contributed by atoms with Gasteiger partial charge in [0.15, 0.2) is 0 Å². The van der Waals surface area contributed by atoms with Gasteiger partial charge >= 0.3 is 0 Å². The minimum Gasteiger partial charge on any atom is -0.381 e. The molecule has 1 aliphatic heterocycles. The van der Waals surface area contributed by atoms with E-state index in [1.165, 1.54) is 6.26 Å². The Hall–Kier alpha value is -1.65. The number of hydrogen-bond acceptors (Lipinski definition) is 8. The predicted octanol–water partition coefficient (Wildman–Crippen LogP) is 4.65. The second-order valence-electron chi connectivity index (χ2n) is 9.79. The third kappa shape index (κ3) is 8.18. The standard InChI is InChI=1S/C25H35Cl2N5O3S/c1-36(33,34)13-10-28-18-2-4-19(5-3-18)31-24-14-20(22(27)16-30-24)25-21(26)6-7-23(32-25)29-15-17-8-11-35-12-9-17/h6-7,14,16-19,28H,2-5,8-13,15H2,1H3,(H,29,32)(H,30,31). The molecule has 36 heavy (non-hydrogen) atoms. The fraction of sp³-hybridized carbons (Fsp3) is 0.600. The number of pyridine rings is 2. The van der Waals surface area contributed by atoms with Crippen molar-refractivity contribution in [3.8, 4) is 11.3 Å². The van der Waals surface area contributed by atoms with Crippen molar-refractivity contribution in [3.63, 3.8) is 0 Å². The van der Waals surface area contributed by atoms with Gasteiger partial charge in [0.2, 0.25) is 0 Å². The number of hydrogen-bond donors (Lipinski definition) is 3. The molecule has 0 spiro atoms. The van der Waals surface area contributed by atoms with E-state index in [0.29, 0.717) is 34.2 Å². The zero-order valence-corrected chi connectivity index (χ0v) is 22.9. The second kappa shape index (κ2) is 12.7. The van der Waals surface area contributed by atoms with Crippen LogP contribution in [-0.4, -0.2) is 68.8 Å². The molecule has 1 saturated heterocycles. The van der Waals surface area contributed by atoms with Crippen LogP contribution in [0.5, 0.6) is 0 Å². The van der Waals surface area contributed by atoms with Gasteiger partial charge in [-0.15, -0.1) is 0 Å². The minimum absolute atomic E-state index is 0.172. The maximum absolute atomic E-state index is 11.3.